The van der Waals surface area contributed by atoms with E-state index in [1.807, 2.05) is 6.07 Å². The molecule has 3 rings (SSSR count). The molecule has 0 radical (unpaired) electrons. The Morgan fingerprint density at radius 2 is 2.09 bits per heavy atom. The summed E-state index contributed by atoms with van der Waals surface area (Å²) < 4.78 is 0.679. The number of nitrogens with two attached hydrogens (primary N) is 1. The lowest BCUT2D eigenvalue weighted by molar-refractivity contribution is 0.100. The average molecular weight is 356 g/mol. The number of halogens is 1. The Morgan fingerprint density at radius 1 is 1.36 bits per heavy atom. The van der Waals surface area contributed by atoms with Gasteiger partial charge in [-0.2, -0.15) is 5.26 Å². The summed E-state index contributed by atoms with van der Waals surface area (Å²) in [6.07, 6.45) is 0. The number of aromatic nitrogens is 1. The molecule has 0 atom stereocenters. The standard InChI is InChI=1S/C17H14BrN3O/c1-8(2)9-3-4-11-13(6-9)21-16-12(17(20)22)5-10(7-19)15(18)14(11)16/h3-6,8,21H,1-2H3,(H2,20,22). The third-order valence-corrected chi connectivity index (χ3v) is 4.71. The van der Waals surface area contributed by atoms with Crippen molar-refractivity contribution >= 4 is 43.6 Å². The summed E-state index contributed by atoms with van der Waals surface area (Å²) in [6, 6.07) is 9.77. The van der Waals surface area contributed by atoms with Crippen molar-refractivity contribution in [2.45, 2.75) is 19.8 Å². The number of fused-ring (bicyclic) bond motifs is 3. The van der Waals surface area contributed by atoms with Crippen LogP contribution in [0.2, 0.25) is 0 Å². The summed E-state index contributed by atoms with van der Waals surface area (Å²) in [4.78, 5) is 15.0. The summed E-state index contributed by atoms with van der Waals surface area (Å²) >= 11 is 3.48. The molecule has 0 saturated heterocycles. The van der Waals surface area contributed by atoms with E-state index in [4.69, 9.17) is 5.73 Å². The van der Waals surface area contributed by atoms with Gasteiger partial charge in [-0.05, 0) is 39.5 Å². The number of H-pyrrole nitrogens is 1. The number of hydrogen-bond acceptors (Lipinski definition) is 2. The van der Waals surface area contributed by atoms with Crippen LogP contribution in [0.1, 0.15) is 41.3 Å². The monoisotopic (exact) mass is 355 g/mol. The number of aromatic amines is 1. The molecule has 4 nitrogen and oxygen atoms in total. The molecule has 1 amide bonds. The molecule has 3 N–H and O–H groups in total. The maximum atomic E-state index is 11.7. The predicted molar refractivity (Wildman–Crippen MR) is 90.8 cm³/mol. The number of hydrogen-bond donors (Lipinski definition) is 2. The highest BCUT2D eigenvalue weighted by Gasteiger charge is 2.18. The Kier molecular flexibility index (Phi) is 3.42. The number of carbonyl (C=O) groups excluding carboxylic acids is 1. The number of benzene rings is 2. The van der Waals surface area contributed by atoms with Crippen LogP contribution in [0.15, 0.2) is 28.7 Å². The van der Waals surface area contributed by atoms with Gasteiger partial charge in [-0.3, -0.25) is 4.79 Å². The topological polar surface area (TPSA) is 82.7 Å². The SMILES string of the molecule is CC(C)c1ccc2c(c1)[nH]c1c(C(N)=O)cc(C#N)c(Br)c12. The fraction of sp³-hybridized carbons (Fsp3) is 0.176. The number of carbonyl (C=O) groups is 1. The van der Waals surface area contributed by atoms with Crippen LogP contribution in [0.4, 0.5) is 0 Å². The molecule has 0 aliphatic rings. The number of amides is 1. The summed E-state index contributed by atoms with van der Waals surface area (Å²) in [5.41, 5.74) is 9.00. The van der Waals surface area contributed by atoms with E-state index in [2.05, 4.69) is 53.0 Å². The van der Waals surface area contributed by atoms with Crippen molar-refractivity contribution in [2.24, 2.45) is 5.73 Å². The van der Waals surface area contributed by atoms with Gasteiger partial charge in [0.05, 0.1) is 16.6 Å². The third kappa shape index (κ3) is 2.08. The minimum absolute atomic E-state index is 0.331. The van der Waals surface area contributed by atoms with E-state index in [0.717, 1.165) is 16.3 Å². The zero-order valence-electron chi connectivity index (χ0n) is 12.2. The minimum Gasteiger partial charge on any atom is -0.366 e. The van der Waals surface area contributed by atoms with Crippen molar-refractivity contribution in [1.82, 2.24) is 4.98 Å². The van der Waals surface area contributed by atoms with Crippen LogP contribution in [-0.4, -0.2) is 10.9 Å². The lowest BCUT2D eigenvalue weighted by Crippen LogP contribution is -2.12. The van der Waals surface area contributed by atoms with Gasteiger partial charge in [-0.25, -0.2) is 0 Å². The zero-order chi connectivity index (χ0) is 16.0. The molecule has 110 valence electrons. The molecule has 0 fully saturated rings. The maximum absolute atomic E-state index is 11.7. The Morgan fingerprint density at radius 3 is 2.68 bits per heavy atom. The minimum atomic E-state index is -0.551. The zero-order valence-corrected chi connectivity index (χ0v) is 13.8. The molecule has 1 aromatic heterocycles. The second-order valence-electron chi connectivity index (χ2n) is 5.60. The molecule has 0 unspecified atom stereocenters. The molecule has 0 saturated carbocycles. The molecule has 22 heavy (non-hydrogen) atoms. The molecule has 0 bridgehead atoms. The van der Waals surface area contributed by atoms with Gasteiger partial charge in [-0.1, -0.05) is 26.0 Å². The van der Waals surface area contributed by atoms with Gasteiger partial charge in [0.25, 0.3) is 5.91 Å². The molecule has 0 aliphatic heterocycles. The molecule has 3 aromatic rings. The van der Waals surface area contributed by atoms with Gasteiger partial charge in [0.1, 0.15) is 6.07 Å². The van der Waals surface area contributed by atoms with E-state index in [1.54, 1.807) is 0 Å². The van der Waals surface area contributed by atoms with E-state index in [-0.39, 0.29) is 0 Å². The number of nitrogens with zero attached hydrogens (tertiary/aromatic N) is 1. The van der Waals surface area contributed by atoms with Gasteiger partial charge < -0.3 is 10.7 Å². The highest BCUT2D eigenvalue weighted by atomic mass is 79.9. The van der Waals surface area contributed by atoms with E-state index in [9.17, 15) is 10.1 Å². The average Bonchev–Trinajstić information content (AvgIpc) is 2.85. The van der Waals surface area contributed by atoms with Gasteiger partial charge in [0.2, 0.25) is 0 Å². The van der Waals surface area contributed by atoms with E-state index < -0.39 is 5.91 Å². The summed E-state index contributed by atoms with van der Waals surface area (Å²) in [7, 11) is 0. The number of nitrogens with one attached hydrogen (secondary N) is 1. The molecule has 0 aliphatic carbocycles. The summed E-state index contributed by atoms with van der Waals surface area (Å²) in [5, 5.41) is 11.0. The smallest absolute Gasteiger partial charge is 0.250 e. The second-order valence-corrected chi connectivity index (χ2v) is 6.39. The highest BCUT2D eigenvalue weighted by molar-refractivity contribution is 9.10. The van der Waals surface area contributed by atoms with Crippen molar-refractivity contribution in [3.05, 3.63) is 45.4 Å². The molecule has 5 heteroatoms. The first kappa shape index (κ1) is 14.6. The number of nitriles is 1. The van der Waals surface area contributed by atoms with Crippen molar-refractivity contribution < 1.29 is 4.79 Å². The Labute approximate surface area is 136 Å². The van der Waals surface area contributed by atoms with Gasteiger partial charge in [0, 0.05) is 20.8 Å². The van der Waals surface area contributed by atoms with Crippen molar-refractivity contribution in [1.29, 1.82) is 5.26 Å². The first-order chi connectivity index (χ1) is 10.4. The van der Waals surface area contributed by atoms with Crippen molar-refractivity contribution in [3.8, 4) is 6.07 Å². The van der Waals surface area contributed by atoms with Crippen molar-refractivity contribution in [3.63, 3.8) is 0 Å². The van der Waals surface area contributed by atoms with Gasteiger partial charge in [-0.15, -0.1) is 0 Å². The summed E-state index contributed by atoms with van der Waals surface area (Å²) in [5.74, 6) is -0.144. The largest absolute Gasteiger partial charge is 0.366 e. The lowest BCUT2D eigenvalue weighted by atomic mass is 10.0. The van der Waals surface area contributed by atoms with Crippen LogP contribution in [0.25, 0.3) is 21.8 Å². The van der Waals surface area contributed by atoms with Crippen LogP contribution in [0.5, 0.6) is 0 Å². The first-order valence-corrected chi connectivity index (χ1v) is 7.71. The van der Waals surface area contributed by atoms with E-state index >= 15 is 0 Å². The third-order valence-electron chi connectivity index (χ3n) is 3.89. The van der Waals surface area contributed by atoms with E-state index in [1.165, 1.54) is 11.6 Å². The fourth-order valence-electron chi connectivity index (χ4n) is 2.69. The van der Waals surface area contributed by atoms with E-state index in [0.29, 0.717) is 27.0 Å². The van der Waals surface area contributed by atoms with Crippen LogP contribution in [0, 0.1) is 11.3 Å². The predicted octanol–water partition coefficient (Wildman–Crippen LogP) is 4.18. The quantitative estimate of drug-likeness (QED) is 0.722. The maximum Gasteiger partial charge on any atom is 0.250 e. The van der Waals surface area contributed by atoms with Crippen LogP contribution < -0.4 is 5.73 Å². The number of primary amides is 1. The molecule has 1 heterocycles. The Balaban J connectivity index is 2.50. The fourth-order valence-corrected chi connectivity index (χ4v) is 3.31. The second kappa shape index (κ2) is 5.15. The number of rotatable bonds is 2. The first-order valence-electron chi connectivity index (χ1n) is 6.91. The van der Waals surface area contributed by atoms with Crippen LogP contribution in [0.3, 0.4) is 0 Å². The van der Waals surface area contributed by atoms with Crippen LogP contribution >= 0.6 is 15.9 Å². The lowest BCUT2D eigenvalue weighted by Gasteiger charge is -2.05. The Bertz CT molecular complexity index is 964. The van der Waals surface area contributed by atoms with Gasteiger partial charge in [0.15, 0.2) is 0 Å². The molecular formula is C17H14BrN3O. The summed E-state index contributed by atoms with van der Waals surface area (Å²) in [6.45, 7) is 4.25. The highest BCUT2D eigenvalue weighted by Crippen LogP contribution is 2.37. The van der Waals surface area contributed by atoms with Crippen LogP contribution in [-0.2, 0) is 0 Å². The molecule has 0 spiro atoms. The molecular weight excluding hydrogens is 342 g/mol. The van der Waals surface area contributed by atoms with Crippen molar-refractivity contribution in [2.75, 3.05) is 0 Å². The molecule has 2 aromatic carbocycles. The Hall–Kier alpha value is -2.32. The normalized spacial score (nSPS) is 11.2. The van der Waals surface area contributed by atoms with Gasteiger partial charge >= 0.3 is 0 Å².